The van der Waals surface area contributed by atoms with E-state index in [2.05, 4.69) is 10.8 Å². The molecule has 1 saturated carbocycles. The van der Waals surface area contributed by atoms with Gasteiger partial charge in [0.25, 0.3) is 0 Å². The molecule has 2 unspecified atom stereocenters. The zero-order valence-electron chi connectivity index (χ0n) is 7.01. The maximum Gasteiger partial charge on any atom is 0.0818 e. The van der Waals surface area contributed by atoms with Crippen molar-refractivity contribution < 1.29 is 0 Å². The molecule has 3 rings (SSSR count). The number of aromatic nitrogens is 1. The minimum absolute atomic E-state index is 0.855. The highest BCUT2D eigenvalue weighted by Crippen LogP contribution is 2.48. The molecule has 0 N–H and O–H groups in total. The molecular formula is C10H12NP. The monoisotopic (exact) mass is 177 g/mol. The van der Waals surface area contributed by atoms with Crippen LogP contribution in [0.25, 0.3) is 5.57 Å². The molecule has 2 aliphatic carbocycles. The van der Waals surface area contributed by atoms with Crippen molar-refractivity contribution in [2.45, 2.75) is 25.7 Å². The van der Waals surface area contributed by atoms with Gasteiger partial charge in [0.05, 0.1) is 5.43 Å². The molecule has 0 amide bonds. The van der Waals surface area contributed by atoms with Crippen molar-refractivity contribution in [2.24, 2.45) is 5.92 Å². The Kier molecular flexibility index (Phi) is 1.42. The van der Waals surface area contributed by atoms with E-state index in [0.717, 1.165) is 14.1 Å². The predicted octanol–water partition coefficient (Wildman–Crippen LogP) is 3.07. The topological polar surface area (TPSA) is 12.9 Å². The summed E-state index contributed by atoms with van der Waals surface area (Å²) in [6.07, 6.45) is 7.50. The molecule has 1 heterocycles. The first kappa shape index (κ1) is 6.91. The third-order valence-corrected chi connectivity index (χ3v) is 4.11. The molecular weight excluding hydrogens is 165 g/mol. The molecule has 0 spiro atoms. The maximum absolute atomic E-state index is 4.43. The molecule has 2 heteroatoms. The summed E-state index contributed by atoms with van der Waals surface area (Å²) in [5.74, 6) is 3.18. The normalized spacial score (nSPS) is 27.8. The van der Waals surface area contributed by atoms with E-state index in [4.69, 9.17) is 0 Å². The SMILES string of the molecule is c1c[pH]c(C2=C3CCC(C3)C2)n1. The van der Waals surface area contributed by atoms with Crippen LogP contribution in [0.2, 0.25) is 0 Å². The summed E-state index contributed by atoms with van der Waals surface area (Å²) in [7, 11) is 0.855. The van der Waals surface area contributed by atoms with Crippen LogP contribution in [0.15, 0.2) is 17.6 Å². The second-order valence-electron chi connectivity index (χ2n) is 3.83. The van der Waals surface area contributed by atoms with Gasteiger partial charge in [-0.25, -0.2) is 0 Å². The molecule has 0 saturated heterocycles. The van der Waals surface area contributed by atoms with Crippen molar-refractivity contribution in [2.75, 3.05) is 0 Å². The molecule has 2 bridgehead atoms. The molecule has 0 aromatic carbocycles. The molecule has 0 radical (unpaired) electrons. The average molecular weight is 177 g/mol. The van der Waals surface area contributed by atoms with E-state index in [0.29, 0.717) is 0 Å². The second kappa shape index (κ2) is 2.47. The Morgan fingerprint density at radius 3 is 3.00 bits per heavy atom. The smallest absolute Gasteiger partial charge is 0.0818 e. The van der Waals surface area contributed by atoms with E-state index in [-0.39, 0.29) is 0 Å². The Hall–Kier alpha value is -0.550. The van der Waals surface area contributed by atoms with E-state index in [1.54, 1.807) is 11.1 Å². The van der Waals surface area contributed by atoms with Crippen LogP contribution in [-0.4, -0.2) is 4.98 Å². The van der Waals surface area contributed by atoms with Gasteiger partial charge in [-0.15, -0.1) is 8.19 Å². The van der Waals surface area contributed by atoms with Gasteiger partial charge >= 0.3 is 0 Å². The Balaban J connectivity index is 2.05. The lowest BCUT2D eigenvalue weighted by Gasteiger charge is -2.09. The summed E-state index contributed by atoms with van der Waals surface area (Å²) in [4.78, 5) is 4.43. The summed E-state index contributed by atoms with van der Waals surface area (Å²) in [6, 6.07) is 0. The predicted molar refractivity (Wildman–Crippen MR) is 52.6 cm³/mol. The maximum atomic E-state index is 4.43. The Morgan fingerprint density at radius 2 is 2.42 bits per heavy atom. The number of nitrogens with zero attached hydrogens (tertiary/aromatic N) is 1. The summed E-state index contributed by atoms with van der Waals surface area (Å²) in [6.45, 7) is 0. The number of hydrogen-bond acceptors (Lipinski definition) is 1. The molecule has 1 fully saturated rings. The van der Waals surface area contributed by atoms with Gasteiger partial charge in [-0.05, 0) is 43.0 Å². The van der Waals surface area contributed by atoms with Crippen molar-refractivity contribution in [3.8, 4) is 0 Å². The average Bonchev–Trinajstić information content (AvgIpc) is 2.81. The van der Waals surface area contributed by atoms with Gasteiger partial charge in [-0.2, -0.15) is 0 Å². The molecule has 2 aliphatic rings. The first-order valence-electron chi connectivity index (χ1n) is 4.64. The number of hydrogen-bond donors (Lipinski definition) is 0. The van der Waals surface area contributed by atoms with Gasteiger partial charge in [0.15, 0.2) is 0 Å². The minimum Gasteiger partial charge on any atom is -0.252 e. The molecule has 62 valence electrons. The van der Waals surface area contributed by atoms with Crippen molar-refractivity contribution in [3.05, 3.63) is 23.0 Å². The van der Waals surface area contributed by atoms with Gasteiger partial charge in [0.2, 0.25) is 0 Å². The highest BCUT2D eigenvalue weighted by Gasteiger charge is 2.30. The van der Waals surface area contributed by atoms with E-state index in [1.165, 1.54) is 31.1 Å². The third-order valence-electron chi connectivity index (χ3n) is 3.09. The molecule has 1 nitrogen and oxygen atoms in total. The van der Waals surface area contributed by atoms with Gasteiger partial charge in [0.1, 0.15) is 0 Å². The summed E-state index contributed by atoms with van der Waals surface area (Å²) >= 11 is 0. The lowest BCUT2D eigenvalue weighted by molar-refractivity contribution is 0.582. The van der Waals surface area contributed by atoms with Crippen LogP contribution < -0.4 is 0 Å². The molecule has 2 atom stereocenters. The molecule has 0 aliphatic heterocycles. The van der Waals surface area contributed by atoms with Gasteiger partial charge < -0.3 is 0 Å². The van der Waals surface area contributed by atoms with Crippen LogP contribution in [0, 0.1) is 5.92 Å². The summed E-state index contributed by atoms with van der Waals surface area (Å²) in [5, 5.41) is 0. The fourth-order valence-corrected chi connectivity index (χ4v) is 3.42. The first-order valence-corrected chi connectivity index (χ1v) is 5.72. The van der Waals surface area contributed by atoms with Crippen LogP contribution in [0.1, 0.15) is 31.1 Å². The van der Waals surface area contributed by atoms with E-state index in [1.807, 2.05) is 6.20 Å². The second-order valence-corrected chi connectivity index (χ2v) is 4.93. The van der Waals surface area contributed by atoms with Crippen molar-refractivity contribution in [1.82, 2.24) is 4.98 Å². The minimum atomic E-state index is 0.855. The zero-order valence-corrected chi connectivity index (χ0v) is 8.01. The van der Waals surface area contributed by atoms with E-state index in [9.17, 15) is 0 Å². The summed E-state index contributed by atoms with van der Waals surface area (Å²) in [5.41, 5.74) is 4.76. The lowest BCUT2D eigenvalue weighted by Crippen LogP contribution is -1.92. The zero-order chi connectivity index (χ0) is 7.97. The van der Waals surface area contributed by atoms with Crippen molar-refractivity contribution >= 4 is 13.8 Å². The third kappa shape index (κ3) is 0.895. The van der Waals surface area contributed by atoms with Crippen LogP contribution >= 0.6 is 8.19 Å². The highest BCUT2D eigenvalue weighted by molar-refractivity contribution is 7.30. The van der Waals surface area contributed by atoms with Crippen LogP contribution in [0.4, 0.5) is 0 Å². The van der Waals surface area contributed by atoms with Crippen LogP contribution in [0.3, 0.4) is 0 Å². The lowest BCUT2D eigenvalue weighted by atomic mass is 10.00. The highest BCUT2D eigenvalue weighted by atomic mass is 31.0. The van der Waals surface area contributed by atoms with Crippen molar-refractivity contribution in [3.63, 3.8) is 0 Å². The molecule has 1 aromatic rings. The molecule has 1 aromatic heterocycles. The molecule has 12 heavy (non-hydrogen) atoms. The Labute approximate surface area is 74.0 Å². The standard InChI is InChI=1S/C10H12NP/c1-2-8-5-7(1)6-9(8)10-11-3-4-12-10/h3-4,7,12H,1-2,5-6H2. The fraction of sp³-hybridized carbons (Fsp3) is 0.500. The van der Waals surface area contributed by atoms with E-state index >= 15 is 0 Å². The van der Waals surface area contributed by atoms with Crippen LogP contribution in [0.5, 0.6) is 0 Å². The first-order chi connectivity index (χ1) is 5.93. The largest absolute Gasteiger partial charge is 0.252 e. The van der Waals surface area contributed by atoms with Gasteiger partial charge in [-0.1, -0.05) is 5.57 Å². The number of fused-ring (bicyclic) bond motifs is 2. The Bertz CT molecular complexity index is 324. The number of allylic oxidation sites excluding steroid dienone is 2. The Morgan fingerprint density at radius 1 is 1.42 bits per heavy atom. The summed E-state index contributed by atoms with van der Waals surface area (Å²) < 4.78 is 0. The quantitative estimate of drug-likeness (QED) is 0.642. The van der Waals surface area contributed by atoms with E-state index < -0.39 is 0 Å². The van der Waals surface area contributed by atoms with Gasteiger partial charge in [0, 0.05) is 6.20 Å². The van der Waals surface area contributed by atoms with Crippen LogP contribution in [-0.2, 0) is 0 Å². The number of rotatable bonds is 1. The fourth-order valence-electron chi connectivity index (χ4n) is 2.51. The van der Waals surface area contributed by atoms with Crippen molar-refractivity contribution in [1.29, 1.82) is 0 Å². The van der Waals surface area contributed by atoms with Gasteiger partial charge in [-0.3, -0.25) is 4.98 Å².